The number of carbonyl (C=O) groups excluding carboxylic acids is 3. The summed E-state index contributed by atoms with van der Waals surface area (Å²) in [6, 6.07) is 0. The predicted molar refractivity (Wildman–Crippen MR) is 104 cm³/mol. The number of ketones is 1. The van der Waals surface area contributed by atoms with E-state index in [1.165, 1.54) is 6.92 Å². The van der Waals surface area contributed by atoms with Gasteiger partial charge in [-0.15, -0.1) is 0 Å². The number of ether oxygens (including phenoxy) is 3. The molecule has 1 saturated heterocycles. The summed E-state index contributed by atoms with van der Waals surface area (Å²) in [5.74, 6) is -1.56. The number of fused-ring (bicyclic) bond motifs is 3. The van der Waals surface area contributed by atoms with Crippen molar-refractivity contribution in [2.24, 2.45) is 40.4 Å². The molecule has 5 rings (SSSR count). The molecular formula is C23H30O7. The second kappa shape index (κ2) is 5.67. The molecule has 164 valence electrons. The molecule has 1 heterocycles. The summed E-state index contributed by atoms with van der Waals surface area (Å²) >= 11 is 0. The molecule has 7 heteroatoms. The molecule has 3 saturated carbocycles. The summed E-state index contributed by atoms with van der Waals surface area (Å²) in [5.41, 5.74) is -2.04. The van der Waals surface area contributed by atoms with Crippen LogP contribution in [0.5, 0.6) is 0 Å². The Morgan fingerprint density at radius 3 is 2.57 bits per heavy atom. The zero-order chi connectivity index (χ0) is 22.0. The van der Waals surface area contributed by atoms with Gasteiger partial charge in [-0.25, -0.2) is 4.79 Å². The molecule has 1 N–H and O–H groups in total. The number of aliphatic hydroxyl groups excluding tert-OH is 1. The standard InChI is InChI=1S/C23H30O7/c1-9-8-22-10(2)7-13-15(21(13,5)6)14(17(22)26)16(25)11(3)19-23(22,30-20(27)29-19)18(9)28-12(4)24/h8,10-11,13-16,18-19,25H,7H2,1-6H3/t10-,11+,13-,14-,15-,16-,18?,19-,22+,23-/m1/s1. The molecule has 2 spiro atoms. The Morgan fingerprint density at radius 1 is 1.27 bits per heavy atom. The van der Waals surface area contributed by atoms with Crippen LogP contribution in [0.15, 0.2) is 11.6 Å². The van der Waals surface area contributed by atoms with Crippen LogP contribution >= 0.6 is 0 Å². The van der Waals surface area contributed by atoms with Crippen LogP contribution in [0, 0.1) is 40.4 Å². The molecule has 0 amide bonds. The lowest BCUT2D eigenvalue weighted by molar-refractivity contribution is -0.181. The number of aliphatic hydroxyl groups is 1. The van der Waals surface area contributed by atoms with E-state index in [0.29, 0.717) is 11.5 Å². The molecular weight excluding hydrogens is 388 g/mol. The highest BCUT2D eigenvalue weighted by Gasteiger charge is 2.83. The largest absolute Gasteiger partial charge is 0.509 e. The zero-order valence-electron chi connectivity index (χ0n) is 18.3. The molecule has 0 aromatic carbocycles. The van der Waals surface area contributed by atoms with Crippen LogP contribution in [0.4, 0.5) is 4.79 Å². The first-order valence-electron chi connectivity index (χ1n) is 10.9. The second-order valence-corrected chi connectivity index (χ2v) is 10.8. The van der Waals surface area contributed by atoms with Gasteiger partial charge in [-0.05, 0) is 42.1 Å². The highest BCUT2D eigenvalue weighted by atomic mass is 16.8. The van der Waals surface area contributed by atoms with Crippen molar-refractivity contribution < 1.29 is 33.7 Å². The molecule has 0 radical (unpaired) electrons. The van der Waals surface area contributed by atoms with Crippen molar-refractivity contribution in [3.05, 3.63) is 11.6 Å². The summed E-state index contributed by atoms with van der Waals surface area (Å²) in [7, 11) is 0. The topological polar surface area (TPSA) is 99.1 Å². The van der Waals surface area contributed by atoms with E-state index in [1.54, 1.807) is 13.8 Å². The van der Waals surface area contributed by atoms with Crippen LogP contribution in [-0.2, 0) is 23.8 Å². The maximum atomic E-state index is 14.4. The molecule has 0 aromatic heterocycles. The molecule has 1 aliphatic heterocycles. The van der Waals surface area contributed by atoms with E-state index in [1.807, 2.05) is 13.0 Å². The number of Topliss-reactive ketones (excluding diaryl/α,β-unsaturated/α-hetero) is 1. The van der Waals surface area contributed by atoms with E-state index in [9.17, 15) is 19.5 Å². The van der Waals surface area contributed by atoms with Crippen molar-refractivity contribution in [3.63, 3.8) is 0 Å². The Bertz CT molecular complexity index is 890. The van der Waals surface area contributed by atoms with Crippen molar-refractivity contribution in [2.45, 2.75) is 71.9 Å². The quantitative estimate of drug-likeness (QED) is 0.516. The lowest BCUT2D eigenvalue weighted by atomic mass is 9.59. The van der Waals surface area contributed by atoms with Gasteiger partial charge in [-0.3, -0.25) is 9.59 Å². The van der Waals surface area contributed by atoms with Gasteiger partial charge in [-0.1, -0.05) is 33.8 Å². The summed E-state index contributed by atoms with van der Waals surface area (Å²) in [5, 5.41) is 11.4. The van der Waals surface area contributed by atoms with Crippen molar-refractivity contribution in [1.82, 2.24) is 0 Å². The SMILES string of the molecule is CC(=O)OC1C(C)=C[C@]23C(=O)[C@@H]([C@H](O)[C@H](C)[C@H]4OC(=O)O[C@]142)[C@H]1[C@@H](C[C@H]3C)C1(C)C. The molecule has 1 unspecified atom stereocenters. The first-order valence-corrected chi connectivity index (χ1v) is 10.9. The molecule has 2 bridgehead atoms. The van der Waals surface area contributed by atoms with Gasteiger partial charge in [0, 0.05) is 18.8 Å². The fourth-order valence-electron chi connectivity index (χ4n) is 7.74. The molecule has 4 fully saturated rings. The van der Waals surface area contributed by atoms with Gasteiger partial charge in [-0.2, -0.15) is 0 Å². The van der Waals surface area contributed by atoms with Crippen LogP contribution in [0.1, 0.15) is 48.0 Å². The van der Waals surface area contributed by atoms with Crippen molar-refractivity contribution in [1.29, 1.82) is 0 Å². The third-order valence-corrected chi connectivity index (χ3v) is 9.09. The fraction of sp³-hybridized carbons (Fsp3) is 0.783. The Labute approximate surface area is 176 Å². The molecule has 0 aromatic rings. The molecule has 7 nitrogen and oxygen atoms in total. The average molecular weight is 418 g/mol. The van der Waals surface area contributed by atoms with E-state index in [4.69, 9.17) is 14.2 Å². The normalized spacial score (nSPS) is 52.6. The van der Waals surface area contributed by atoms with Crippen LogP contribution in [0.2, 0.25) is 0 Å². The number of hydrogen-bond donors (Lipinski definition) is 1. The van der Waals surface area contributed by atoms with Crippen LogP contribution < -0.4 is 0 Å². The second-order valence-electron chi connectivity index (χ2n) is 10.8. The van der Waals surface area contributed by atoms with Gasteiger partial charge in [0.1, 0.15) is 0 Å². The maximum absolute atomic E-state index is 14.4. The smallest absolute Gasteiger partial charge is 0.454 e. The van der Waals surface area contributed by atoms with E-state index < -0.39 is 53.3 Å². The Kier molecular flexibility index (Phi) is 3.78. The maximum Gasteiger partial charge on any atom is 0.509 e. The van der Waals surface area contributed by atoms with Gasteiger partial charge >= 0.3 is 12.1 Å². The van der Waals surface area contributed by atoms with Gasteiger partial charge in [0.2, 0.25) is 5.60 Å². The van der Waals surface area contributed by atoms with Crippen LogP contribution in [-0.4, -0.2) is 46.9 Å². The van der Waals surface area contributed by atoms with Gasteiger partial charge in [0.25, 0.3) is 0 Å². The van der Waals surface area contributed by atoms with Gasteiger partial charge in [0.15, 0.2) is 18.0 Å². The third-order valence-electron chi connectivity index (χ3n) is 9.09. The highest BCUT2D eigenvalue weighted by Crippen LogP contribution is 2.73. The lowest BCUT2D eigenvalue weighted by Crippen LogP contribution is -2.65. The Hall–Kier alpha value is -1.89. The van der Waals surface area contributed by atoms with Crippen molar-refractivity contribution >= 4 is 17.9 Å². The molecule has 10 atom stereocenters. The highest BCUT2D eigenvalue weighted by molar-refractivity contribution is 5.95. The fourth-order valence-corrected chi connectivity index (χ4v) is 7.74. The van der Waals surface area contributed by atoms with E-state index in [0.717, 1.165) is 6.42 Å². The van der Waals surface area contributed by atoms with E-state index >= 15 is 0 Å². The Morgan fingerprint density at radius 2 is 1.93 bits per heavy atom. The predicted octanol–water partition coefficient (Wildman–Crippen LogP) is 2.65. The minimum Gasteiger partial charge on any atom is -0.454 e. The van der Waals surface area contributed by atoms with E-state index in [-0.39, 0.29) is 23.0 Å². The third kappa shape index (κ3) is 1.98. The van der Waals surface area contributed by atoms with Gasteiger partial charge in [0.05, 0.1) is 11.5 Å². The van der Waals surface area contributed by atoms with E-state index in [2.05, 4.69) is 13.8 Å². The minimum absolute atomic E-state index is 0.0340. The summed E-state index contributed by atoms with van der Waals surface area (Å²) in [6.07, 6.45) is -1.04. The van der Waals surface area contributed by atoms with Gasteiger partial charge < -0.3 is 19.3 Å². The monoisotopic (exact) mass is 418 g/mol. The van der Waals surface area contributed by atoms with Crippen LogP contribution in [0.3, 0.4) is 0 Å². The summed E-state index contributed by atoms with van der Waals surface area (Å²) in [6.45, 7) is 11.2. The average Bonchev–Trinajstić information content (AvgIpc) is 2.94. The number of esters is 1. The first kappa shape index (κ1) is 20.0. The van der Waals surface area contributed by atoms with Crippen LogP contribution in [0.25, 0.3) is 0 Å². The molecule has 30 heavy (non-hydrogen) atoms. The van der Waals surface area contributed by atoms with Crippen molar-refractivity contribution in [3.8, 4) is 0 Å². The summed E-state index contributed by atoms with van der Waals surface area (Å²) < 4.78 is 17.2. The van der Waals surface area contributed by atoms with Crippen molar-refractivity contribution in [2.75, 3.05) is 0 Å². The zero-order valence-corrected chi connectivity index (χ0v) is 18.3. The number of rotatable bonds is 1. The lowest BCUT2D eigenvalue weighted by Gasteiger charge is -2.47. The Balaban J connectivity index is 1.79. The number of hydrogen-bond acceptors (Lipinski definition) is 7. The first-order chi connectivity index (χ1) is 13.9. The minimum atomic E-state index is -1.49. The summed E-state index contributed by atoms with van der Waals surface area (Å²) in [4.78, 5) is 38.9. The molecule has 5 aliphatic rings. The number of carbonyl (C=O) groups is 3. The molecule has 4 aliphatic carbocycles.